The number of amides is 3. The van der Waals surface area contributed by atoms with Gasteiger partial charge in [0, 0.05) is 17.8 Å². The van der Waals surface area contributed by atoms with Gasteiger partial charge in [-0.2, -0.15) is 13.2 Å². The molecule has 0 heterocycles. The first-order chi connectivity index (χ1) is 16.5. The van der Waals surface area contributed by atoms with Gasteiger partial charge < -0.3 is 20.9 Å². The standard InChI is InChI=1S/C25H24F4N4O2/c1-33(2)22(16-8-10-18(26)11-9-16)15-30-24(35)32-21-13-12-19(14-20(21)25(27,28)29)31-23(34)17-6-4-3-5-7-17/h3-14,22H,15H2,1-2H3,(H,31,34)(H2,30,32,35). The topological polar surface area (TPSA) is 73.5 Å². The minimum Gasteiger partial charge on any atom is -0.336 e. The first-order valence-electron chi connectivity index (χ1n) is 10.6. The third kappa shape index (κ3) is 7.03. The zero-order valence-corrected chi connectivity index (χ0v) is 19.0. The van der Waals surface area contributed by atoms with Crippen LogP contribution in [0.4, 0.5) is 33.7 Å². The molecule has 3 amide bonds. The number of carbonyl (C=O) groups is 2. The number of nitrogens with zero attached hydrogens (tertiary/aromatic N) is 1. The monoisotopic (exact) mass is 488 g/mol. The fraction of sp³-hybridized carbons (Fsp3) is 0.200. The van der Waals surface area contributed by atoms with Crippen molar-refractivity contribution in [2.75, 3.05) is 31.3 Å². The van der Waals surface area contributed by atoms with Gasteiger partial charge >= 0.3 is 12.2 Å². The van der Waals surface area contributed by atoms with E-state index in [4.69, 9.17) is 0 Å². The highest BCUT2D eigenvalue weighted by molar-refractivity contribution is 6.04. The maximum Gasteiger partial charge on any atom is 0.418 e. The second kappa shape index (κ2) is 11.0. The maximum atomic E-state index is 13.7. The first kappa shape index (κ1) is 25.7. The third-order valence-electron chi connectivity index (χ3n) is 5.20. The Bertz CT molecular complexity index is 1170. The Hall–Kier alpha value is -3.92. The predicted octanol–water partition coefficient (Wildman–Crippen LogP) is 5.52. The van der Waals surface area contributed by atoms with Gasteiger partial charge in [-0.05, 0) is 62.1 Å². The Balaban J connectivity index is 1.71. The van der Waals surface area contributed by atoms with E-state index < -0.39 is 35.2 Å². The number of urea groups is 1. The Kier molecular flexibility index (Phi) is 8.08. The summed E-state index contributed by atoms with van der Waals surface area (Å²) in [5.74, 6) is -0.965. The lowest BCUT2D eigenvalue weighted by Gasteiger charge is -2.25. The van der Waals surface area contributed by atoms with Gasteiger partial charge in [-0.15, -0.1) is 0 Å². The normalized spacial score (nSPS) is 12.2. The molecular weight excluding hydrogens is 464 g/mol. The van der Waals surface area contributed by atoms with Crippen molar-refractivity contribution >= 4 is 23.3 Å². The molecule has 0 aliphatic carbocycles. The highest BCUT2D eigenvalue weighted by Crippen LogP contribution is 2.36. The van der Waals surface area contributed by atoms with Crippen LogP contribution in [-0.4, -0.2) is 37.5 Å². The van der Waals surface area contributed by atoms with Gasteiger partial charge in [-0.3, -0.25) is 4.79 Å². The van der Waals surface area contributed by atoms with Crippen molar-refractivity contribution in [2.24, 2.45) is 0 Å². The number of hydrogen-bond acceptors (Lipinski definition) is 3. The van der Waals surface area contributed by atoms with E-state index in [9.17, 15) is 27.2 Å². The van der Waals surface area contributed by atoms with Gasteiger partial charge in [0.2, 0.25) is 0 Å². The number of carbonyl (C=O) groups excluding carboxylic acids is 2. The molecule has 3 rings (SSSR count). The van der Waals surface area contributed by atoms with Crippen LogP contribution in [0.15, 0.2) is 72.8 Å². The summed E-state index contributed by atoms with van der Waals surface area (Å²) in [6.45, 7) is 0.0665. The van der Waals surface area contributed by atoms with Crippen molar-refractivity contribution in [3.63, 3.8) is 0 Å². The largest absolute Gasteiger partial charge is 0.418 e. The molecule has 3 aromatic carbocycles. The molecule has 3 aromatic rings. The molecule has 0 fully saturated rings. The fourth-order valence-electron chi connectivity index (χ4n) is 3.40. The zero-order chi connectivity index (χ0) is 25.6. The van der Waals surface area contributed by atoms with Crippen molar-refractivity contribution in [1.29, 1.82) is 0 Å². The van der Waals surface area contributed by atoms with E-state index in [1.807, 2.05) is 0 Å². The molecule has 10 heteroatoms. The summed E-state index contributed by atoms with van der Waals surface area (Å²) in [4.78, 5) is 26.5. The van der Waals surface area contributed by atoms with Crippen LogP contribution in [0.3, 0.4) is 0 Å². The van der Waals surface area contributed by atoms with E-state index in [-0.39, 0.29) is 18.3 Å². The van der Waals surface area contributed by atoms with Gasteiger partial charge in [-0.25, -0.2) is 9.18 Å². The summed E-state index contributed by atoms with van der Waals surface area (Å²) in [6, 6.07) is 15.7. The van der Waals surface area contributed by atoms with Crippen molar-refractivity contribution in [3.05, 3.63) is 95.3 Å². The van der Waals surface area contributed by atoms with E-state index >= 15 is 0 Å². The second-order valence-corrected chi connectivity index (χ2v) is 7.94. The molecule has 6 nitrogen and oxygen atoms in total. The maximum absolute atomic E-state index is 13.7. The van der Waals surface area contributed by atoms with Crippen LogP contribution < -0.4 is 16.0 Å². The molecule has 35 heavy (non-hydrogen) atoms. The van der Waals surface area contributed by atoms with Gasteiger partial charge in [-0.1, -0.05) is 30.3 Å². The Labute approximate surface area is 199 Å². The van der Waals surface area contributed by atoms with Crippen molar-refractivity contribution in [3.8, 4) is 0 Å². The Morgan fingerprint density at radius 1 is 0.914 bits per heavy atom. The summed E-state index contributed by atoms with van der Waals surface area (Å²) < 4.78 is 54.3. The summed E-state index contributed by atoms with van der Waals surface area (Å²) in [6.07, 6.45) is -4.78. The van der Waals surface area contributed by atoms with E-state index in [1.54, 1.807) is 49.3 Å². The minimum atomic E-state index is -4.78. The smallest absolute Gasteiger partial charge is 0.336 e. The fourth-order valence-corrected chi connectivity index (χ4v) is 3.40. The van der Waals surface area contributed by atoms with Gasteiger partial charge in [0.15, 0.2) is 0 Å². The van der Waals surface area contributed by atoms with E-state index in [2.05, 4.69) is 16.0 Å². The van der Waals surface area contributed by atoms with Crippen LogP contribution in [0.25, 0.3) is 0 Å². The van der Waals surface area contributed by atoms with Gasteiger partial charge in [0.1, 0.15) is 5.82 Å². The summed E-state index contributed by atoms with van der Waals surface area (Å²) in [7, 11) is 3.52. The lowest BCUT2D eigenvalue weighted by Crippen LogP contribution is -2.37. The minimum absolute atomic E-state index is 0.0665. The molecule has 184 valence electrons. The van der Waals surface area contributed by atoms with E-state index in [1.165, 1.54) is 30.3 Å². The SMILES string of the molecule is CN(C)C(CNC(=O)Nc1ccc(NC(=O)c2ccccc2)cc1C(F)(F)F)c1ccc(F)cc1. The molecule has 0 aliphatic heterocycles. The van der Waals surface area contributed by atoms with Crippen LogP contribution in [0, 0.1) is 5.82 Å². The molecule has 0 spiro atoms. The lowest BCUT2D eigenvalue weighted by molar-refractivity contribution is -0.136. The number of alkyl halides is 3. The highest BCUT2D eigenvalue weighted by Gasteiger charge is 2.34. The molecule has 0 radical (unpaired) electrons. The molecule has 0 saturated carbocycles. The summed E-state index contributed by atoms with van der Waals surface area (Å²) in [5.41, 5.74) is -0.622. The second-order valence-electron chi connectivity index (χ2n) is 7.94. The van der Waals surface area contributed by atoms with Gasteiger partial charge in [0.05, 0.1) is 17.3 Å². The number of halogens is 4. The number of hydrogen-bond donors (Lipinski definition) is 3. The highest BCUT2D eigenvalue weighted by atomic mass is 19.4. The number of anilines is 2. The zero-order valence-electron chi connectivity index (χ0n) is 19.0. The molecule has 1 unspecified atom stereocenters. The molecule has 0 aliphatic rings. The molecule has 0 aromatic heterocycles. The summed E-state index contributed by atoms with van der Waals surface area (Å²) >= 11 is 0. The molecule has 0 bridgehead atoms. The number of nitrogens with one attached hydrogen (secondary N) is 3. The van der Waals surface area contributed by atoms with Crippen LogP contribution >= 0.6 is 0 Å². The van der Waals surface area contributed by atoms with Crippen LogP contribution in [0.5, 0.6) is 0 Å². The average Bonchev–Trinajstić information content (AvgIpc) is 2.81. The molecule has 3 N–H and O–H groups in total. The first-order valence-corrected chi connectivity index (χ1v) is 10.6. The molecule has 0 saturated heterocycles. The van der Waals surface area contributed by atoms with E-state index in [0.717, 1.165) is 17.7 Å². The van der Waals surface area contributed by atoms with Crippen LogP contribution in [0.1, 0.15) is 27.5 Å². The van der Waals surface area contributed by atoms with Crippen molar-refractivity contribution in [1.82, 2.24) is 10.2 Å². The van der Waals surface area contributed by atoms with Crippen molar-refractivity contribution < 1.29 is 27.2 Å². The predicted molar refractivity (Wildman–Crippen MR) is 126 cm³/mol. The Morgan fingerprint density at radius 2 is 1.57 bits per heavy atom. The average molecular weight is 488 g/mol. The van der Waals surface area contributed by atoms with E-state index in [0.29, 0.717) is 5.56 Å². The summed E-state index contributed by atoms with van der Waals surface area (Å²) in [5, 5.41) is 7.20. The molecular formula is C25H24F4N4O2. The number of likely N-dealkylation sites (N-methyl/N-ethyl adjacent to an activating group) is 1. The quantitative estimate of drug-likeness (QED) is 0.384. The third-order valence-corrected chi connectivity index (χ3v) is 5.20. The Morgan fingerprint density at radius 3 is 2.17 bits per heavy atom. The van der Waals surface area contributed by atoms with Crippen LogP contribution in [-0.2, 0) is 6.18 Å². The van der Waals surface area contributed by atoms with Crippen LogP contribution in [0.2, 0.25) is 0 Å². The molecule has 1 atom stereocenters. The van der Waals surface area contributed by atoms with Gasteiger partial charge in [0.25, 0.3) is 5.91 Å². The number of rotatable bonds is 7. The lowest BCUT2D eigenvalue weighted by atomic mass is 10.1. The van der Waals surface area contributed by atoms with Crippen molar-refractivity contribution in [2.45, 2.75) is 12.2 Å². The number of benzene rings is 3.